The summed E-state index contributed by atoms with van der Waals surface area (Å²) in [6.45, 7) is 7.29. The Labute approximate surface area is 115 Å². The van der Waals surface area contributed by atoms with E-state index in [-0.39, 0.29) is 0 Å². The number of hydrogen-bond acceptors (Lipinski definition) is 5. The molecule has 1 heterocycles. The molecule has 2 rings (SSSR count). The summed E-state index contributed by atoms with van der Waals surface area (Å²) in [7, 11) is 0. The maximum atomic E-state index is 5.58. The van der Waals surface area contributed by atoms with E-state index >= 15 is 0 Å². The van der Waals surface area contributed by atoms with Crippen molar-refractivity contribution in [3.63, 3.8) is 0 Å². The van der Waals surface area contributed by atoms with Crippen molar-refractivity contribution in [2.45, 2.75) is 58.9 Å². The van der Waals surface area contributed by atoms with Crippen LogP contribution in [0.15, 0.2) is 0 Å². The highest BCUT2D eigenvalue weighted by Crippen LogP contribution is 2.30. The van der Waals surface area contributed by atoms with E-state index in [2.05, 4.69) is 29.2 Å². The lowest BCUT2D eigenvalue weighted by molar-refractivity contribution is 0.609. The minimum atomic E-state index is 0.619. The number of nitrogens with two attached hydrogens (primary N) is 1. The Balaban J connectivity index is 2.39. The Hall–Kier alpha value is -1.36. The number of hydrogen-bond donors (Lipinski definition) is 2. The summed E-state index contributed by atoms with van der Waals surface area (Å²) in [5, 5.41) is 0. The molecular weight excluding hydrogens is 238 g/mol. The van der Waals surface area contributed by atoms with E-state index in [0.29, 0.717) is 6.04 Å². The largest absolute Gasteiger partial charge is 0.354 e. The SMILES string of the molecule is CCc1nc(NN)c(C)c(N(CC)C2CCCC2)n1. The number of nitrogen functional groups attached to an aromatic ring is 1. The maximum absolute atomic E-state index is 5.58. The molecule has 1 aromatic rings. The molecule has 0 bridgehead atoms. The molecule has 1 fully saturated rings. The van der Waals surface area contributed by atoms with Gasteiger partial charge in [-0.3, -0.25) is 0 Å². The van der Waals surface area contributed by atoms with Crippen LogP contribution in [0.5, 0.6) is 0 Å². The number of nitrogens with one attached hydrogen (secondary N) is 1. The standard InChI is InChI=1S/C14H25N5/c1-4-12-16-13(18-15)10(3)14(17-12)19(5-2)11-8-6-7-9-11/h11H,4-9,15H2,1-3H3,(H,16,17,18). The highest BCUT2D eigenvalue weighted by molar-refractivity contribution is 5.58. The van der Waals surface area contributed by atoms with E-state index in [0.717, 1.165) is 36.0 Å². The lowest BCUT2D eigenvalue weighted by atomic mass is 10.2. The van der Waals surface area contributed by atoms with Gasteiger partial charge in [0.25, 0.3) is 0 Å². The first-order chi connectivity index (χ1) is 9.21. The second-order valence-electron chi connectivity index (χ2n) is 5.16. The molecule has 5 nitrogen and oxygen atoms in total. The first-order valence-electron chi connectivity index (χ1n) is 7.32. The molecule has 1 aliphatic rings. The summed E-state index contributed by atoms with van der Waals surface area (Å²) in [5.74, 6) is 8.23. The van der Waals surface area contributed by atoms with E-state index in [9.17, 15) is 0 Å². The summed E-state index contributed by atoms with van der Waals surface area (Å²) >= 11 is 0. The molecule has 0 spiro atoms. The third-order valence-electron chi connectivity index (χ3n) is 4.00. The second kappa shape index (κ2) is 6.19. The molecule has 19 heavy (non-hydrogen) atoms. The van der Waals surface area contributed by atoms with Crippen molar-refractivity contribution in [3.8, 4) is 0 Å². The molecule has 0 aliphatic heterocycles. The van der Waals surface area contributed by atoms with Crippen molar-refractivity contribution in [2.75, 3.05) is 16.9 Å². The van der Waals surface area contributed by atoms with Gasteiger partial charge in [-0.25, -0.2) is 15.8 Å². The van der Waals surface area contributed by atoms with E-state index < -0.39 is 0 Å². The van der Waals surface area contributed by atoms with Crippen molar-refractivity contribution >= 4 is 11.6 Å². The van der Waals surface area contributed by atoms with Crippen molar-refractivity contribution in [3.05, 3.63) is 11.4 Å². The third-order valence-corrected chi connectivity index (χ3v) is 4.00. The van der Waals surface area contributed by atoms with Gasteiger partial charge in [0, 0.05) is 24.6 Å². The molecule has 0 radical (unpaired) electrons. The predicted octanol–water partition coefficient (Wildman–Crippen LogP) is 2.40. The molecular formula is C14H25N5. The van der Waals surface area contributed by atoms with Crippen LogP contribution in [0.3, 0.4) is 0 Å². The number of aryl methyl sites for hydroxylation is 1. The molecule has 1 aromatic heterocycles. The van der Waals surface area contributed by atoms with Gasteiger partial charge in [-0.1, -0.05) is 19.8 Å². The van der Waals surface area contributed by atoms with Crippen LogP contribution in [-0.4, -0.2) is 22.6 Å². The summed E-state index contributed by atoms with van der Waals surface area (Å²) in [5.41, 5.74) is 3.75. The first kappa shape index (κ1) is 14.1. The molecule has 0 saturated heterocycles. The minimum absolute atomic E-state index is 0.619. The molecule has 5 heteroatoms. The fourth-order valence-corrected chi connectivity index (χ4v) is 2.93. The molecule has 1 aliphatic carbocycles. The number of rotatable bonds is 5. The minimum Gasteiger partial charge on any atom is -0.354 e. The van der Waals surface area contributed by atoms with Gasteiger partial charge in [-0.15, -0.1) is 0 Å². The van der Waals surface area contributed by atoms with Crippen LogP contribution in [0.2, 0.25) is 0 Å². The van der Waals surface area contributed by atoms with Crippen molar-refractivity contribution in [2.24, 2.45) is 5.84 Å². The van der Waals surface area contributed by atoms with Gasteiger partial charge in [0.2, 0.25) is 0 Å². The zero-order chi connectivity index (χ0) is 13.8. The molecule has 0 unspecified atom stereocenters. The quantitative estimate of drug-likeness (QED) is 0.631. The zero-order valence-corrected chi connectivity index (χ0v) is 12.2. The molecule has 0 atom stereocenters. The number of anilines is 2. The fraction of sp³-hybridized carbons (Fsp3) is 0.714. The third kappa shape index (κ3) is 2.81. The average Bonchev–Trinajstić information content (AvgIpc) is 2.95. The Bertz CT molecular complexity index is 426. The van der Waals surface area contributed by atoms with Gasteiger partial charge in [0.15, 0.2) is 0 Å². The van der Waals surface area contributed by atoms with Crippen LogP contribution in [0.1, 0.15) is 50.9 Å². The monoisotopic (exact) mass is 263 g/mol. The van der Waals surface area contributed by atoms with E-state index in [1.807, 2.05) is 6.92 Å². The second-order valence-corrected chi connectivity index (χ2v) is 5.16. The summed E-state index contributed by atoms with van der Waals surface area (Å²) < 4.78 is 0. The smallest absolute Gasteiger partial charge is 0.148 e. The van der Waals surface area contributed by atoms with Crippen molar-refractivity contribution in [1.29, 1.82) is 0 Å². The normalized spacial score (nSPS) is 15.8. The van der Waals surface area contributed by atoms with E-state index in [1.54, 1.807) is 0 Å². The van der Waals surface area contributed by atoms with Crippen LogP contribution in [-0.2, 0) is 6.42 Å². The highest BCUT2D eigenvalue weighted by atomic mass is 15.3. The predicted molar refractivity (Wildman–Crippen MR) is 79.2 cm³/mol. The van der Waals surface area contributed by atoms with Gasteiger partial charge in [0.1, 0.15) is 17.5 Å². The van der Waals surface area contributed by atoms with Crippen LogP contribution in [0.4, 0.5) is 11.6 Å². The summed E-state index contributed by atoms with van der Waals surface area (Å²) in [4.78, 5) is 11.6. The highest BCUT2D eigenvalue weighted by Gasteiger charge is 2.25. The number of nitrogens with zero attached hydrogens (tertiary/aromatic N) is 3. The summed E-state index contributed by atoms with van der Waals surface area (Å²) in [6.07, 6.45) is 6.01. The summed E-state index contributed by atoms with van der Waals surface area (Å²) in [6, 6.07) is 0.619. The lowest BCUT2D eigenvalue weighted by Crippen LogP contribution is -2.35. The van der Waals surface area contributed by atoms with Gasteiger partial charge in [-0.05, 0) is 26.7 Å². The molecule has 1 saturated carbocycles. The van der Waals surface area contributed by atoms with E-state index in [1.165, 1.54) is 25.7 Å². The molecule has 0 amide bonds. The topological polar surface area (TPSA) is 67.1 Å². The molecule has 0 aromatic carbocycles. The maximum Gasteiger partial charge on any atom is 0.148 e. The first-order valence-corrected chi connectivity index (χ1v) is 7.32. The van der Waals surface area contributed by atoms with Crippen LogP contribution in [0, 0.1) is 6.92 Å². The van der Waals surface area contributed by atoms with Crippen molar-refractivity contribution < 1.29 is 0 Å². The van der Waals surface area contributed by atoms with Crippen LogP contribution >= 0.6 is 0 Å². The fourth-order valence-electron chi connectivity index (χ4n) is 2.93. The van der Waals surface area contributed by atoms with Gasteiger partial charge in [-0.2, -0.15) is 0 Å². The Kier molecular flexibility index (Phi) is 4.58. The average molecular weight is 263 g/mol. The van der Waals surface area contributed by atoms with Crippen LogP contribution < -0.4 is 16.2 Å². The molecule has 106 valence electrons. The van der Waals surface area contributed by atoms with Gasteiger partial charge in [0.05, 0.1) is 0 Å². The lowest BCUT2D eigenvalue weighted by Gasteiger charge is -2.30. The molecule has 3 N–H and O–H groups in total. The zero-order valence-electron chi connectivity index (χ0n) is 12.2. The van der Waals surface area contributed by atoms with Gasteiger partial charge >= 0.3 is 0 Å². The van der Waals surface area contributed by atoms with Crippen molar-refractivity contribution in [1.82, 2.24) is 9.97 Å². The van der Waals surface area contributed by atoms with Gasteiger partial charge < -0.3 is 10.3 Å². The number of aromatic nitrogens is 2. The van der Waals surface area contributed by atoms with Crippen LogP contribution in [0.25, 0.3) is 0 Å². The van der Waals surface area contributed by atoms with E-state index in [4.69, 9.17) is 10.8 Å². The Morgan fingerprint density at radius 2 is 1.95 bits per heavy atom. The number of hydrazine groups is 1. The Morgan fingerprint density at radius 3 is 2.47 bits per heavy atom. The Morgan fingerprint density at radius 1 is 1.26 bits per heavy atom.